The highest BCUT2D eigenvalue weighted by Gasteiger charge is 2.34. The van der Waals surface area contributed by atoms with Crippen molar-refractivity contribution in [3.05, 3.63) is 101 Å². The van der Waals surface area contributed by atoms with Crippen LogP contribution in [0, 0.1) is 6.92 Å². The van der Waals surface area contributed by atoms with Crippen LogP contribution in [0.1, 0.15) is 100 Å². The van der Waals surface area contributed by atoms with Crippen LogP contribution in [0.25, 0.3) is 50.3 Å². The van der Waals surface area contributed by atoms with E-state index in [1.807, 2.05) is 0 Å². The fourth-order valence-corrected chi connectivity index (χ4v) is 7.35. The van der Waals surface area contributed by atoms with Crippen molar-refractivity contribution < 1.29 is 8.98 Å². The molecule has 4 aromatic carbocycles. The number of aryl methyl sites for hydroxylation is 2. The van der Waals surface area contributed by atoms with Crippen molar-refractivity contribution in [2.24, 2.45) is 7.05 Å². The lowest BCUT2D eigenvalue weighted by Gasteiger charge is -2.21. The molecule has 1 aliphatic carbocycles. The van der Waals surface area contributed by atoms with Crippen LogP contribution in [0.4, 0.5) is 0 Å². The number of imidazole rings is 1. The van der Waals surface area contributed by atoms with Gasteiger partial charge in [0.1, 0.15) is 16.8 Å². The second-order valence-electron chi connectivity index (χ2n) is 13.4. The molecule has 0 spiro atoms. The van der Waals surface area contributed by atoms with Crippen molar-refractivity contribution in [3.63, 3.8) is 0 Å². The minimum absolute atomic E-state index is 0.325. The first kappa shape index (κ1) is 28.6. The summed E-state index contributed by atoms with van der Waals surface area (Å²) in [6.07, 6.45) is 6.16. The number of hydrogen-bond donors (Lipinski definition) is 0. The van der Waals surface area contributed by atoms with Crippen LogP contribution in [0.3, 0.4) is 0 Å². The Kier molecular flexibility index (Phi) is 7.40. The Balaban J connectivity index is 1.57. The minimum atomic E-state index is 0.325. The number of rotatable bonds is 6. The van der Waals surface area contributed by atoms with Gasteiger partial charge in [-0.15, -0.1) is 0 Å². The molecule has 224 valence electrons. The minimum Gasteiger partial charge on any atom is -0.439 e. The normalized spacial score (nSPS) is 14.5. The van der Waals surface area contributed by atoms with Gasteiger partial charge in [0.15, 0.2) is 22.5 Å². The van der Waals surface area contributed by atoms with E-state index in [2.05, 4.69) is 130 Å². The number of hydrogen-bond acceptors (Lipinski definition) is 2. The van der Waals surface area contributed by atoms with Crippen LogP contribution in [-0.4, -0.2) is 9.55 Å². The zero-order valence-electron chi connectivity index (χ0n) is 27.0. The molecule has 0 N–H and O–H groups in total. The molecule has 0 aliphatic heterocycles. The number of aromatic nitrogens is 3. The van der Waals surface area contributed by atoms with E-state index in [1.165, 1.54) is 76.6 Å². The number of fused-ring (bicyclic) bond motifs is 2. The first-order chi connectivity index (χ1) is 21.3. The summed E-state index contributed by atoms with van der Waals surface area (Å²) in [4.78, 5) is 5.10. The molecule has 0 radical (unpaired) electrons. The Morgan fingerprint density at radius 1 is 0.795 bits per heavy atom. The predicted molar refractivity (Wildman–Crippen MR) is 182 cm³/mol. The molecule has 0 atom stereocenters. The summed E-state index contributed by atoms with van der Waals surface area (Å²) in [6.45, 7) is 11.5. The van der Waals surface area contributed by atoms with Gasteiger partial charge in [-0.2, -0.15) is 4.57 Å². The summed E-state index contributed by atoms with van der Waals surface area (Å²) in [5.74, 6) is 3.11. The van der Waals surface area contributed by atoms with Crippen molar-refractivity contribution >= 4 is 22.1 Å². The summed E-state index contributed by atoms with van der Waals surface area (Å²) in [6, 6.07) is 28.8. The topological polar surface area (TPSA) is 34.8 Å². The van der Waals surface area contributed by atoms with E-state index >= 15 is 0 Å². The van der Waals surface area contributed by atoms with Crippen LogP contribution in [0.15, 0.2) is 83.3 Å². The lowest BCUT2D eigenvalue weighted by Crippen LogP contribution is -2.30. The molecule has 0 saturated heterocycles. The van der Waals surface area contributed by atoms with Gasteiger partial charge in [-0.1, -0.05) is 95.5 Å². The molecule has 0 unspecified atom stereocenters. The Bertz CT molecular complexity index is 1940. The van der Waals surface area contributed by atoms with Crippen molar-refractivity contribution in [2.75, 3.05) is 0 Å². The zero-order valence-corrected chi connectivity index (χ0v) is 27.0. The first-order valence-electron chi connectivity index (χ1n) is 16.5. The highest BCUT2D eigenvalue weighted by Crippen LogP contribution is 2.42. The lowest BCUT2D eigenvalue weighted by atomic mass is 9.88. The third-order valence-electron chi connectivity index (χ3n) is 9.72. The molecule has 4 heteroatoms. The van der Waals surface area contributed by atoms with E-state index < -0.39 is 0 Å². The molecule has 4 nitrogen and oxygen atoms in total. The monoisotopic (exact) mass is 582 g/mol. The van der Waals surface area contributed by atoms with Gasteiger partial charge in [0.25, 0.3) is 5.82 Å². The Hall–Kier alpha value is -4.18. The maximum atomic E-state index is 6.81. The molecule has 7 rings (SSSR count). The van der Waals surface area contributed by atoms with Gasteiger partial charge in [-0.25, -0.2) is 9.55 Å². The third kappa shape index (κ3) is 4.76. The summed E-state index contributed by atoms with van der Waals surface area (Å²) in [5.41, 5.74) is 13.1. The second kappa shape index (κ2) is 11.4. The Labute approximate surface area is 261 Å². The smallest absolute Gasteiger partial charge is 0.299 e. The molecule has 2 aromatic heterocycles. The predicted octanol–water partition coefficient (Wildman–Crippen LogP) is 10.5. The largest absolute Gasteiger partial charge is 0.439 e. The van der Waals surface area contributed by atoms with Crippen molar-refractivity contribution in [1.82, 2.24) is 9.55 Å². The first-order valence-corrected chi connectivity index (χ1v) is 16.5. The molecule has 6 aromatic rings. The van der Waals surface area contributed by atoms with Gasteiger partial charge in [-0.05, 0) is 78.6 Å². The second-order valence-corrected chi connectivity index (χ2v) is 13.4. The van der Waals surface area contributed by atoms with Gasteiger partial charge in [0.2, 0.25) is 0 Å². The molecule has 1 aliphatic rings. The maximum Gasteiger partial charge on any atom is 0.299 e. The van der Waals surface area contributed by atoms with Gasteiger partial charge < -0.3 is 4.42 Å². The molecule has 44 heavy (non-hydrogen) atoms. The molecule has 0 amide bonds. The quantitative estimate of drug-likeness (QED) is 0.183. The van der Waals surface area contributed by atoms with Crippen LogP contribution in [0.2, 0.25) is 0 Å². The van der Waals surface area contributed by atoms with Gasteiger partial charge >= 0.3 is 0 Å². The number of oxazole rings is 1. The van der Waals surface area contributed by atoms with E-state index in [1.54, 1.807) is 0 Å². The van der Waals surface area contributed by atoms with Gasteiger partial charge in [-0.3, -0.25) is 0 Å². The van der Waals surface area contributed by atoms with Crippen molar-refractivity contribution in [2.45, 2.75) is 84.5 Å². The number of nitrogens with zero attached hydrogens (tertiary/aromatic N) is 3. The standard InChI is InChI=1S/C40H44N3O/c1-25(2)31-23-30(28-15-9-7-10-16-28)24-32(26(3)4)37(31)43-35-20-14-13-19-34(35)42(6)40(43)36-27(5)21-22-33-38(36)44-39(41-33)29-17-11-8-12-18-29/h7,9-10,13-16,19-26,29H,8,11-12,17-18H2,1-6H3/q+1. The number of benzene rings is 4. The highest BCUT2D eigenvalue weighted by molar-refractivity contribution is 5.92. The number of para-hydroxylation sites is 2. The fourth-order valence-electron chi connectivity index (χ4n) is 7.35. The van der Waals surface area contributed by atoms with Gasteiger partial charge in [0.05, 0.1) is 7.05 Å². The summed E-state index contributed by atoms with van der Waals surface area (Å²) >= 11 is 0. The van der Waals surface area contributed by atoms with Crippen LogP contribution in [-0.2, 0) is 7.05 Å². The van der Waals surface area contributed by atoms with Crippen LogP contribution >= 0.6 is 0 Å². The molecular formula is C40H44N3O+. The molecule has 1 saturated carbocycles. The van der Waals surface area contributed by atoms with Crippen molar-refractivity contribution in [3.8, 4) is 28.2 Å². The van der Waals surface area contributed by atoms with E-state index in [4.69, 9.17) is 9.40 Å². The summed E-state index contributed by atoms with van der Waals surface area (Å²) in [7, 11) is 2.20. The highest BCUT2D eigenvalue weighted by atomic mass is 16.3. The average Bonchev–Trinajstić information content (AvgIpc) is 3.60. The van der Waals surface area contributed by atoms with E-state index in [-0.39, 0.29) is 0 Å². The third-order valence-corrected chi connectivity index (χ3v) is 9.72. The Morgan fingerprint density at radius 3 is 2.14 bits per heavy atom. The fraction of sp³-hybridized carbons (Fsp3) is 0.350. The van der Waals surface area contributed by atoms with E-state index in [9.17, 15) is 0 Å². The lowest BCUT2D eigenvalue weighted by molar-refractivity contribution is -0.633. The van der Waals surface area contributed by atoms with Crippen LogP contribution < -0.4 is 4.57 Å². The van der Waals surface area contributed by atoms with Gasteiger partial charge in [0, 0.05) is 17.0 Å². The van der Waals surface area contributed by atoms with E-state index in [0.29, 0.717) is 17.8 Å². The Morgan fingerprint density at radius 2 is 1.45 bits per heavy atom. The zero-order chi connectivity index (χ0) is 30.5. The maximum absolute atomic E-state index is 6.81. The molecule has 2 heterocycles. The SMILES string of the molecule is Cc1ccc2nc(C3CCCCC3)oc2c1-c1n(-c2c(C(C)C)cc(-c3ccccc3)cc2C(C)C)c2ccccc2[n+]1C. The molecule has 1 fully saturated rings. The summed E-state index contributed by atoms with van der Waals surface area (Å²) < 4.78 is 11.7. The molecule has 0 bridgehead atoms. The van der Waals surface area contributed by atoms with E-state index in [0.717, 1.165) is 28.4 Å². The van der Waals surface area contributed by atoms with Crippen LogP contribution in [0.5, 0.6) is 0 Å². The average molecular weight is 583 g/mol. The molecular weight excluding hydrogens is 538 g/mol. The van der Waals surface area contributed by atoms with Crippen molar-refractivity contribution in [1.29, 1.82) is 0 Å². The summed E-state index contributed by atoms with van der Waals surface area (Å²) in [5, 5.41) is 0.